The standard InChI is InChI=1S/C24H34N4O4/c25-22(29)24(16-17-1-2-17)7-11-27(12-8-24)19-5-9-28(10-6-19)23(30)26-18-3-4-20-21(15-18)32-14-13-31-20/h3-4,15,17,19H,1-2,5-14,16H2,(H2,25,29)(H,26,30). The Balaban J connectivity index is 1.10. The number of hydrogen-bond donors (Lipinski definition) is 2. The molecule has 0 unspecified atom stereocenters. The zero-order valence-electron chi connectivity index (χ0n) is 18.7. The number of primary amides is 1. The van der Waals surface area contributed by atoms with Crippen LogP contribution in [0.4, 0.5) is 10.5 Å². The number of rotatable bonds is 5. The van der Waals surface area contributed by atoms with Crippen molar-refractivity contribution >= 4 is 17.6 Å². The van der Waals surface area contributed by atoms with Gasteiger partial charge in [0.2, 0.25) is 5.91 Å². The first-order valence-electron chi connectivity index (χ1n) is 12.0. The van der Waals surface area contributed by atoms with Gasteiger partial charge in [-0.1, -0.05) is 12.8 Å². The molecule has 3 aliphatic heterocycles. The Morgan fingerprint density at radius 3 is 2.34 bits per heavy atom. The van der Waals surface area contributed by atoms with Crippen molar-refractivity contribution in [3.8, 4) is 11.5 Å². The summed E-state index contributed by atoms with van der Waals surface area (Å²) < 4.78 is 11.1. The molecular weight excluding hydrogens is 408 g/mol. The molecular formula is C24H34N4O4. The summed E-state index contributed by atoms with van der Waals surface area (Å²) in [6.45, 7) is 4.42. The number of likely N-dealkylation sites (tertiary alicyclic amines) is 2. The van der Waals surface area contributed by atoms with Crippen LogP contribution in [-0.2, 0) is 4.79 Å². The number of fused-ring (bicyclic) bond motifs is 1. The summed E-state index contributed by atoms with van der Waals surface area (Å²) in [4.78, 5) is 29.4. The minimum Gasteiger partial charge on any atom is -0.486 e. The molecule has 3 fully saturated rings. The molecule has 0 aromatic heterocycles. The Morgan fingerprint density at radius 1 is 1.00 bits per heavy atom. The lowest BCUT2D eigenvalue weighted by atomic mass is 9.73. The second kappa shape index (κ2) is 8.81. The van der Waals surface area contributed by atoms with Crippen molar-refractivity contribution < 1.29 is 19.1 Å². The molecule has 174 valence electrons. The Morgan fingerprint density at radius 2 is 1.69 bits per heavy atom. The van der Waals surface area contributed by atoms with Crippen LogP contribution in [0.15, 0.2) is 18.2 Å². The van der Waals surface area contributed by atoms with Gasteiger partial charge in [-0.2, -0.15) is 0 Å². The summed E-state index contributed by atoms with van der Waals surface area (Å²) in [5.41, 5.74) is 6.26. The van der Waals surface area contributed by atoms with Crippen LogP contribution in [0, 0.1) is 11.3 Å². The number of anilines is 1. The summed E-state index contributed by atoms with van der Waals surface area (Å²) in [6.07, 6.45) is 7.17. The molecule has 1 aromatic carbocycles. The number of carbonyl (C=O) groups is 2. The fourth-order valence-corrected chi connectivity index (χ4v) is 5.50. The molecule has 0 radical (unpaired) electrons. The third-order valence-electron chi connectivity index (χ3n) is 7.72. The van der Waals surface area contributed by atoms with E-state index in [9.17, 15) is 9.59 Å². The Kier molecular flexibility index (Phi) is 5.88. The largest absolute Gasteiger partial charge is 0.486 e. The lowest BCUT2D eigenvalue weighted by Gasteiger charge is -2.45. The number of hydrogen-bond acceptors (Lipinski definition) is 5. The first-order valence-corrected chi connectivity index (χ1v) is 12.0. The Labute approximate surface area is 189 Å². The van der Waals surface area contributed by atoms with Crippen LogP contribution < -0.4 is 20.5 Å². The van der Waals surface area contributed by atoms with Gasteiger partial charge in [0.15, 0.2) is 11.5 Å². The van der Waals surface area contributed by atoms with E-state index in [1.807, 2.05) is 23.1 Å². The van der Waals surface area contributed by atoms with E-state index in [1.54, 1.807) is 0 Å². The van der Waals surface area contributed by atoms with E-state index >= 15 is 0 Å². The van der Waals surface area contributed by atoms with Crippen LogP contribution >= 0.6 is 0 Å². The number of urea groups is 1. The number of nitrogens with two attached hydrogens (primary N) is 1. The zero-order chi connectivity index (χ0) is 22.1. The van der Waals surface area contributed by atoms with Gasteiger partial charge in [-0.25, -0.2) is 4.79 Å². The van der Waals surface area contributed by atoms with Gasteiger partial charge in [0.25, 0.3) is 0 Å². The van der Waals surface area contributed by atoms with Crippen molar-refractivity contribution in [2.24, 2.45) is 17.1 Å². The number of carbonyl (C=O) groups excluding carboxylic acids is 2. The molecule has 0 bridgehead atoms. The molecule has 1 aliphatic carbocycles. The van der Waals surface area contributed by atoms with Gasteiger partial charge < -0.3 is 30.3 Å². The number of piperidine rings is 2. The maximum atomic E-state index is 12.8. The number of benzene rings is 1. The van der Waals surface area contributed by atoms with E-state index < -0.39 is 0 Å². The van der Waals surface area contributed by atoms with Crippen molar-refractivity contribution in [2.75, 3.05) is 44.7 Å². The highest BCUT2D eigenvalue weighted by Crippen LogP contribution is 2.46. The predicted molar refractivity (Wildman–Crippen MR) is 121 cm³/mol. The molecule has 0 spiro atoms. The summed E-state index contributed by atoms with van der Waals surface area (Å²) in [5.74, 6) is 2.00. The van der Waals surface area contributed by atoms with Crippen molar-refractivity contribution in [1.29, 1.82) is 0 Å². The molecule has 1 aromatic rings. The van der Waals surface area contributed by atoms with Crippen molar-refractivity contribution in [3.05, 3.63) is 18.2 Å². The molecule has 4 aliphatic rings. The minimum absolute atomic E-state index is 0.0732. The number of ether oxygens (including phenoxy) is 2. The van der Waals surface area contributed by atoms with E-state index in [0.29, 0.717) is 36.7 Å². The van der Waals surface area contributed by atoms with Gasteiger partial charge in [-0.3, -0.25) is 4.79 Å². The lowest BCUT2D eigenvalue weighted by Crippen LogP contribution is -2.53. The molecule has 3 N–H and O–H groups in total. The van der Waals surface area contributed by atoms with Crippen molar-refractivity contribution in [3.63, 3.8) is 0 Å². The normalized spacial score (nSPS) is 23.6. The second-order valence-electron chi connectivity index (χ2n) is 9.83. The summed E-state index contributed by atoms with van der Waals surface area (Å²) in [5, 5.41) is 2.99. The summed E-state index contributed by atoms with van der Waals surface area (Å²) >= 11 is 0. The number of nitrogens with zero attached hydrogens (tertiary/aromatic N) is 2. The highest BCUT2D eigenvalue weighted by atomic mass is 16.6. The van der Waals surface area contributed by atoms with E-state index in [4.69, 9.17) is 15.2 Å². The predicted octanol–water partition coefficient (Wildman–Crippen LogP) is 2.82. The quantitative estimate of drug-likeness (QED) is 0.731. The molecule has 8 heteroatoms. The van der Waals surface area contributed by atoms with Crippen molar-refractivity contribution in [1.82, 2.24) is 9.80 Å². The van der Waals surface area contributed by atoms with Crippen LogP contribution in [0.3, 0.4) is 0 Å². The first-order chi connectivity index (χ1) is 15.5. The maximum Gasteiger partial charge on any atom is 0.321 e. The third kappa shape index (κ3) is 4.51. The first kappa shape index (κ1) is 21.4. The van der Waals surface area contributed by atoms with E-state index in [0.717, 1.165) is 64.0 Å². The molecule has 2 saturated heterocycles. The molecule has 5 rings (SSSR count). The SMILES string of the molecule is NC(=O)C1(CC2CC2)CCN(C2CCN(C(=O)Nc3ccc4c(c3)OCCO4)CC2)CC1. The van der Waals surface area contributed by atoms with Crippen molar-refractivity contribution in [2.45, 2.75) is 51.0 Å². The molecule has 32 heavy (non-hydrogen) atoms. The third-order valence-corrected chi connectivity index (χ3v) is 7.72. The summed E-state index contributed by atoms with van der Waals surface area (Å²) in [7, 11) is 0. The maximum absolute atomic E-state index is 12.8. The fourth-order valence-electron chi connectivity index (χ4n) is 5.50. The summed E-state index contributed by atoms with van der Waals surface area (Å²) in [6, 6.07) is 5.90. The minimum atomic E-state index is -0.290. The van der Waals surface area contributed by atoms with Gasteiger partial charge >= 0.3 is 6.03 Å². The lowest BCUT2D eigenvalue weighted by molar-refractivity contribution is -0.132. The topological polar surface area (TPSA) is 97.1 Å². The van der Waals surface area contributed by atoms with E-state index in [1.165, 1.54) is 12.8 Å². The molecule has 3 heterocycles. The van der Waals surface area contributed by atoms with Crippen LogP contribution in [-0.4, -0.2) is 67.2 Å². The van der Waals surface area contributed by atoms with Gasteiger partial charge in [-0.15, -0.1) is 0 Å². The van der Waals surface area contributed by atoms with Gasteiger partial charge in [0.1, 0.15) is 13.2 Å². The van der Waals surface area contributed by atoms with Crippen LogP contribution in [0.1, 0.15) is 44.9 Å². The van der Waals surface area contributed by atoms with Crippen LogP contribution in [0.25, 0.3) is 0 Å². The Hall–Kier alpha value is -2.48. The zero-order valence-corrected chi connectivity index (χ0v) is 18.7. The smallest absolute Gasteiger partial charge is 0.321 e. The van der Waals surface area contributed by atoms with Crippen LogP contribution in [0.5, 0.6) is 11.5 Å². The number of amides is 3. The van der Waals surface area contributed by atoms with E-state index in [-0.39, 0.29) is 17.4 Å². The average molecular weight is 443 g/mol. The molecule has 8 nitrogen and oxygen atoms in total. The van der Waals surface area contributed by atoms with Crippen LogP contribution in [0.2, 0.25) is 0 Å². The number of nitrogens with one attached hydrogen (secondary N) is 1. The molecule has 3 amide bonds. The average Bonchev–Trinajstić information content (AvgIpc) is 3.63. The molecule has 0 atom stereocenters. The fraction of sp³-hybridized carbons (Fsp3) is 0.667. The van der Waals surface area contributed by atoms with Gasteiger partial charge in [0, 0.05) is 30.9 Å². The highest BCUT2D eigenvalue weighted by Gasteiger charge is 2.44. The highest BCUT2D eigenvalue weighted by molar-refractivity contribution is 5.89. The van der Waals surface area contributed by atoms with E-state index in [2.05, 4.69) is 10.2 Å². The van der Waals surface area contributed by atoms with Gasteiger partial charge in [-0.05, 0) is 63.2 Å². The second-order valence-corrected chi connectivity index (χ2v) is 9.83. The monoisotopic (exact) mass is 442 g/mol. The molecule has 1 saturated carbocycles. The Bertz CT molecular complexity index is 856. The van der Waals surface area contributed by atoms with Gasteiger partial charge in [0.05, 0.1) is 5.41 Å².